The Morgan fingerprint density at radius 3 is 2.47 bits per heavy atom. The molecule has 1 aromatic carbocycles. The fourth-order valence-electron chi connectivity index (χ4n) is 6.67. The lowest BCUT2D eigenvalue weighted by molar-refractivity contribution is 0.0789. The topological polar surface area (TPSA) is 79.7 Å². The van der Waals surface area contributed by atoms with Crippen molar-refractivity contribution in [3.63, 3.8) is 0 Å². The number of hydrogen-bond acceptors (Lipinski definition) is 5. The predicted molar refractivity (Wildman–Crippen MR) is 144 cm³/mol. The summed E-state index contributed by atoms with van der Waals surface area (Å²) in [5.74, 6) is 0.998. The van der Waals surface area contributed by atoms with Gasteiger partial charge in [0.05, 0.1) is 17.6 Å². The molecule has 0 spiro atoms. The molecular weight excluding hydrogens is 448 g/mol. The first-order valence-electron chi connectivity index (χ1n) is 14.2. The van der Waals surface area contributed by atoms with Crippen LogP contribution in [0.15, 0.2) is 23.0 Å². The second-order valence-corrected chi connectivity index (χ2v) is 11.2. The van der Waals surface area contributed by atoms with E-state index < -0.39 is 0 Å². The van der Waals surface area contributed by atoms with Gasteiger partial charge in [0, 0.05) is 18.2 Å². The minimum absolute atomic E-state index is 0.0254. The van der Waals surface area contributed by atoms with Crippen LogP contribution in [0.1, 0.15) is 119 Å². The van der Waals surface area contributed by atoms with Crippen molar-refractivity contribution in [1.82, 2.24) is 30.1 Å². The van der Waals surface area contributed by atoms with Crippen LogP contribution in [0.4, 0.5) is 0 Å². The second-order valence-electron chi connectivity index (χ2n) is 11.2. The van der Waals surface area contributed by atoms with Gasteiger partial charge in [-0.3, -0.25) is 9.69 Å². The van der Waals surface area contributed by atoms with E-state index in [4.69, 9.17) is 0 Å². The largest absolute Gasteiger partial charge is 0.321 e. The van der Waals surface area contributed by atoms with Crippen molar-refractivity contribution in [3.8, 4) is 0 Å². The smallest absolute Gasteiger partial charge is 0.252 e. The van der Waals surface area contributed by atoms with Gasteiger partial charge in [0.15, 0.2) is 5.82 Å². The Kier molecular flexibility index (Phi) is 7.85. The van der Waals surface area contributed by atoms with Crippen molar-refractivity contribution in [2.45, 2.75) is 122 Å². The Morgan fingerprint density at radius 1 is 1.03 bits per heavy atom. The van der Waals surface area contributed by atoms with Crippen molar-refractivity contribution < 1.29 is 0 Å². The molecule has 0 unspecified atom stereocenters. The average molecular weight is 491 g/mol. The zero-order valence-electron chi connectivity index (χ0n) is 22.3. The molecule has 2 aromatic heterocycles. The molecule has 36 heavy (non-hydrogen) atoms. The minimum atomic E-state index is 0.0254. The Balaban J connectivity index is 1.54. The summed E-state index contributed by atoms with van der Waals surface area (Å²) >= 11 is 0. The molecule has 2 aliphatic carbocycles. The van der Waals surface area contributed by atoms with Crippen molar-refractivity contribution in [2.24, 2.45) is 0 Å². The van der Waals surface area contributed by atoms with Crippen LogP contribution in [0, 0.1) is 13.8 Å². The SMILES string of the molecule is CCC[C@@H](c1nnnn1C1CCCCC1)N(Cc1cc2cc(C)cc(C)c2[nH]c1=O)C1CCCCC1. The number of rotatable bonds is 8. The number of nitrogens with one attached hydrogen (secondary N) is 1. The van der Waals surface area contributed by atoms with Crippen LogP contribution < -0.4 is 5.56 Å². The van der Waals surface area contributed by atoms with Crippen LogP contribution in [0.25, 0.3) is 10.9 Å². The summed E-state index contributed by atoms with van der Waals surface area (Å²) in [6.45, 7) is 7.07. The quantitative estimate of drug-likeness (QED) is 0.400. The monoisotopic (exact) mass is 490 g/mol. The lowest BCUT2D eigenvalue weighted by Gasteiger charge is -2.40. The van der Waals surface area contributed by atoms with Gasteiger partial charge in [0.2, 0.25) is 0 Å². The number of tetrazole rings is 1. The van der Waals surface area contributed by atoms with Gasteiger partial charge in [-0.2, -0.15) is 0 Å². The van der Waals surface area contributed by atoms with E-state index in [0.717, 1.165) is 53.5 Å². The Hall–Kier alpha value is -2.54. The summed E-state index contributed by atoms with van der Waals surface area (Å²) in [5.41, 5.74) is 4.16. The van der Waals surface area contributed by atoms with E-state index in [1.165, 1.54) is 56.9 Å². The third-order valence-electron chi connectivity index (χ3n) is 8.47. The van der Waals surface area contributed by atoms with Crippen LogP contribution in [0.2, 0.25) is 0 Å². The summed E-state index contributed by atoms with van der Waals surface area (Å²) in [7, 11) is 0. The summed E-state index contributed by atoms with van der Waals surface area (Å²) in [6.07, 6.45) is 14.3. The molecule has 0 bridgehead atoms. The highest BCUT2D eigenvalue weighted by atomic mass is 16.1. The molecule has 194 valence electrons. The van der Waals surface area contributed by atoms with E-state index in [1.54, 1.807) is 0 Å². The molecule has 1 atom stereocenters. The van der Waals surface area contributed by atoms with Gasteiger partial charge in [-0.1, -0.05) is 63.5 Å². The van der Waals surface area contributed by atoms with Crippen LogP contribution in [0.5, 0.6) is 0 Å². The molecule has 3 aromatic rings. The zero-order valence-corrected chi connectivity index (χ0v) is 22.3. The van der Waals surface area contributed by atoms with E-state index in [9.17, 15) is 4.79 Å². The van der Waals surface area contributed by atoms with Gasteiger partial charge in [0.1, 0.15) is 0 Å². The number of aromatic amines is 1. The van der Waals surface area contributed by atoms with Gasteiger partial charge < -0.3 is 4.98 Å². The molecule has 7 heteroatoms. The number of fused-ring (bicyclic) bond motifs is 1. The van der Waals surface area contributed by atoms with Gasteiger partial charge in [-0.05, 0) is 79.5 Å². The molecule has 0 radical (unpaired) electrons. The molecule has 0 saturated heterocycles. The van der Waals surface area contributed by atoms with Crippen molar-refractivity contribution in [3.05, 3.63) is 51.1 Å². The average Bonchev–Trinajstić information content (AvgIpc) is 3.38. The van der Waals surface area contributed by atoms with E-state index >= 15 is 0 Å². The molecule has 2 aliphatic rings. The number of nitrogens with zero attached hydrogens (tertiary/aromatic N) is 5. The maximum Gasteiger partial charge on any atom is 0.252 e. The Morgan fingerprint density at radius 2 is 1.75 bits per heavy atom. The van der Waals surface area contributed by atoms with E-state index in [-0.39, 0.29) is 11.6 Å². The minimum Gasteiger partial charge on any atom is -0.321 e. The Bertz CT molecular complexity index is 1220. The molecule has 5 rings (SSSR count). The first kappa shape index (κ1) is 25.1. The maximum atomic E-state index is 13.3. The molecule has 1 N–H and O–H groups in total. The molecule has 0 aliphatic heterocycles. The zero-order chi connectivity index (χ0) is 25.1. The molecule has 2 fully saturated rings. The molecular formula is C29H42N6O. The van der Waals surface area contributed by atoms with Crippen LogP contribution in [0.3, 0.4) is 0 Å². The molecule has 0 amide bonds. The number of aromatic nitrogens is 5. The third-order valence-corrected chi connectivity index (χ3v) is 8.47. The lowest BCUT2D eigenvalue weighted by atomic mass is 9.91. The van der Waals surface area contributed by atoms with Crippen molar-refractivity contribution in [1.29, 1.82) is 0 Å². The first-order valence-corrected chi connectivity index (χ1v) is 14.2. The number of aryl methyl sites for hydroxylation is 2. The van der Waals surface area contributed by atoms with Gasteiger partial charge in [0.25, 0.3) is 5.56 Å². The van der Waals surface area contributed by atoms with Gasteiger partial charge in [-0.15, -0.1) is 5.10 Å². The number of hydrogen-bond donors (Lipinski definition) is 1. The highest BCUT2D eigenvalue weighted by Gasteiger charge is 2.34. The highest BCUT2D eigenvalue weighted by molar-refractivity contribution is 5.82. The predicted octanol–water partition coefficient (Wildman–Crippen LogP) is 6.31. The summed E-state index contributed by atoms with van der Waals surface area (Å²) in [5, 5.41) is 14.5. The van der Waals surface area contributed by atoms with Crippen molar-refractivity contribution >= 4 is 10.9 Å². The number of benzene rings is 1. The normalized spacial score (nSPS) is 18.8. The standard InChI is InChI=1S/C29H42N6O/c1-4-11-26(28-31-32-33-35(28)25-14-9-6-10-15-25)34(24-12-7-5-8-13-24)19-23-18-22-17-20(2)16-21(3)27(22)30-29(23)36/h16-18,24-26H,4-15,19H2,1-3H3,(H,30,36)/t26-/m0/s1. The summed E-state index contributed by atoms with van der Waals surface area (Å²) in [4.78, 5) is 19.1. The molecule has 7 nitrogen and oxygen atoms in total. The first-order chi connectivity index (χ1) is 17.5. The summed E-state index contributed by atoms with van der Waals surface area (Å²) < 4.78 is 2.15. The van der Waals surface area contributed by atoms with Crippen molar-refractivity contribution in [2.75, 3.05) is 0 Å². The lowest BCUT2D eigenvalue weighted by Crippen LogP contribution is -2.41. The van der Waals surface area contributed by atoms with Crippen LogP contribution >= 0.6 is 0 Å². The van der Waals surface area contributed by atoms with Gasteiger partial charge >= 0.3 is 0 Å². The van der Waals surface area contributed by atoms with Gasteiger partial charge in [-0.25, -0.2) is 4.68 Å². The highest BCUT2D eigenvalue weighted by Crippen LogP contribution is 2.36. The van der Waals surface area contributed by atoms with E-state index in [0.29, 0.717) is 18.6 Å². The van der Waals surface area contributed by atoms with Crippen LogP contribution in [-0.2, 0) is 6.54 Å². The number of H-pyrrole nitrogens is 1. The Labute approximate surface area is 214 Å². The maximum absolute atomic E-state index is 13.3. The summed E-state index contributed by atoms with van der Waals surface area (Å²) in [6, 6.07) is 7.39. The van der Waals surface area contributed by atoms with Crippen LogP contribution in [-0.4, -0.2) is 36.1 Å². The van der Waals surface area contributed by atoms with E-state index in [2.05, 4.69) is 69.1 Å². The molecule has 2 saturated carbocycles. The fourth-order valence-corrected chi connectivity index (χ4v) is 6.67. The fraction of sp³-hybridized carbons (Fsp3) is 0.655. The molecule has 2 heterocycles. The third kappa shape index (κ3) is 5.26. The number of pyridine rings is 1. The second kappa shape index (κ2) is 11.2. The van der Waals surface area contributed by atoms with E-state index in [1.807, 2.05) is 0 Å².